The average Bonchev–Trinajstić information content (AvgIpc) is 2.58. The van der Waals surface area contributed by atoms with Crippen LogP contribution in [0.5, 0.6) is 0 Å². The van der Waals surface area contributed by atoms with Gasteiger partial charge in [-0.2, -0.15) is 4.39 Å². The smallest absolute Gasteiger partial charge is 0.287 e. The molecule has 1 aromatic carbocycles. The number of hydrogen-bond donors (Lipinski definition) is 1. The Bertz CT molecular complexity index is 872. The Balaban J connectivity index is 2.04. The van der Waals surface area contributed by atoms with Crippen molar-refractivity contribution in [1.82, 2.24) is 5.32 Å². The molecule has 0 bridgehead atoms. The molecule has 1 N–H and O–H groups in total. The van der Waals surface area contributed by atoms with Crippen molar-refractivity contribution < 1.29 is 26.8 Å². The minimum atomic E-state index is -2.10. The lowest BCUT2D eigenvalue weighted by Gasteiger charge is -2.22. The molecule has 0 saturated heterocycles. The van der Waals surface area contributed by atoms with E-state index in [0.29, 0.717) is 6.07 Å². The minimum absolute atomic E-state index is 0.112. The lowest BCUT2D eigenvalue weighted by molar-refractivity contribution is 0.0899. The lowest BCUT2D eigenvalue weighted by Crippen LogP contribution is -2.36. The second-order valence-electron chi connectivity index (χ2n) is 5.74. The molecule has 128 valence electrons. The largest absolute Gasteiger partial charge is 0.447 e. The van der Waals surface area contributed by atoms with Gasteiger partial charge in [0.1, 0.15) is 5.39 Å². The topological polar surface area (TPSA) is 59.3 Å². The van der Waals surface area contributed by atoms with Gasteiger partial charge in [0, 0.05) is 12.1 Å². The van der Waals surface area contributed by atoms with Crippen LogP contribution in [0.15, 0.2) is 15.3 Å². The molecule has 4 nitrogen and oxygen atoms in total. The highest BCUT2D eigenvalue weighted by molar-refractivity contribution is 5.93. The first-order valence-electron chi connectivity index (χ1n) is 7.50. The summed E-state index contributed by atoms with van der Waals surface area (Å²) in [5, 5.41) is 1.56. The van der Waals surface area contributed by atoms with Gasteiger partial charge in [0.15, 0.2) is 28.4 Å². The monoisotopic (exact) mass is 343 g/mol. The van der Waals surface area contributed by atoms with Crippen molar-refractivity contribution in [2.24, 2.45) is 0 Å². The second kappa shape index (κ2) is 6.26. The summed E-state index contributed by atoms with van der Waals surface area (Å²) in [6.45, 7) is 0. The summed E-state index contributed by atoms with van der Waals surface area (Å²) < 4.78 is 58.8. The molecule has 2 aromatic rings. The van der Waals surface area contributed by atoms with Crippen molar-refractivity contribution in [3.63, 3.8) is 0 Å². The maximum absolute atomic E-state index is 13.8. The van der Waals surface area contributed by atoms with Crippen molar-refractivity contribution in [1.29, 1.82) is 0 Å². The molecule has 1 heterocycles. The molecule has 1 amide bonds. The number of hydrogen-bond acceptors (Lipinski definition) is 3. The van der Waals surface area contributed by atoms with E-state index in [2.05, 4.69) is 5.32 Å². The second-order valence-corrected chi connectivity index (χ2v) is 5.74. The number of amides is 1. The molecule has 0 atom stereocenters. The van der Waals surface area contributed by atoms with Crippen LogP contribution in [0.2, 0.25) is 0 Å². The third-order valence-corrected chi connectivity index (χ3v) is 4.11. The number of carbonyl (C=O) groups excluding carboxylic acids is 1. The lowest BCUT2D eigenvalue weighted by atomic mass is 9.95. The maximum atomic E-state index is 13.8. The zero-order valence-electron chi connectivity index (χ0n) is 12.4. The van der Waals surface area contributed by atoms with Crippen molar-refractivity contribution in [2.45, 2.75) is 38.1 Å². The number of carbonyl (C=O) groups is 1. The Hall–Kier alpha value is -2.38. The summed E-state index contributed by atoms with van der Waals surface area (Å²) in [5.41, 5.74) is -2.28. The first kappa shape index (κ1) is 16.5. The van der Waals surface area contributed by atoms with Crippen molar-refractivity contribution >= 4 is 16.9 Å². The van der Waals surface area contributed by atoms with Gasteiger partial charge in [0.2, 0.25) is 11.6 Å². The van der Waals surface area contributed by atoms with Crippen LogP contribution in [0.3, 0.4) is 0 Å². The van der Waals surface area contributed by atoms with Crippen molar-refractivity contribution in [3.8, 4) is 0 Å². The molecule has 1 aliphatic rings. The van der Waals surface area contributed by atoms with Gasteiger partial charge in [-0.25, -0.2) is 13.2 Å². The predicted molar refractivity (Wildman–Crippen MR) is 76.7 cm³/mol. The van der Waals surface area contributed by atoms with Crippen molar-refractivity contribution in [2.75, 3.05) is 0 Å². The molecule has 1 saturated carbocycles. The van der Waals surface area contributed by atoms with Gasteiger partial charge >= 0.3 is 0 Å². The van der Waals surface area contributed by atoms with Crippen LogP contribution < -0.4 is 10.7 Å². The Morgan fingerprint density at radius 3 is 2.29 bits per heavy atom. The molecular weight excluding hydrogens is 330 g/mol. The van der Waals surface area contributed by atoms with Crippen LogP contribution in [0.4, 0.5) is 17.6 Å². The van der Waals surface area contributed by atoms with Crippen molar-refractivity contribution in [3.05, 3.63) is 45.3 Å². The highest BCUT2D eigenvalue weighted by Gasteiger charge is 2.26. The number of fused-ring (bicyclic) bond motifs is 1. The zero-order chi connectivity index (χ0) is 17.4. The minimum Gasteiger partial charge on any atom is -0.447 e. The van der Waals surface area contributed by atoms with E-state index in [9.17, 15) is 27.2 Å². The molecule has 24 heavy (non-hydrogen) atoms. The fourth-order valence-corrected chi connectivity index (χ4v) is 2.87. The molecule has 0 radical (unpaired) electrons. The van der Waals surface area contributed by atoms with E-state index in [0.717, 1.165) is 32.1 Å². The predicted octanol–water partition coefficient (Wildman–Crippen LogP) is 3.41. The van der Waals surface area contributed by atoms with Crippen LogP contribution in [0.1, 0.15) is 42.7 Å². The summed E-state index contributed by atoms with van der Waals surface area (Å²) in [5.74, 6) is -9.28. The van der Waals surface area contributed by atoms with E-state index < -0.39 is 51.3 Å². The molecule has 0 unspecified atom stereocenters. The number of rotatable bonds is 2. The number of nitrogens with one attached hydrogen (secondary N) is 1. The van der Waals surface area contributed by atoms with E-state index in [4.69, 9.17) is 4.42 Å². The molecule has 8 heteroatoms. The van der Waals surface area contributed by atoms with E-state index in [1.54, 1.807) is 0 Å². The quantitative estimate of drug-likeness (QED) is 0.516. The van der Waals surface area contributed by atoms with E-state index in [-0.39, 0.29) is 6.04 Å². The summed E-state index contributed by atoms with van der Waals surface area (Å²) in [4.78, 5) is 24.0. The molecule has 1 fully saturated rings. The third kappa shape index (κ3) is 2.76. The Morgan fingerprint density at radius 2 is 1.62 bits per heavy atom. The molecule has 1 aliphatic carbocycles. The van der Waals surface area contributed by atoms with Crippen LogP contribution in [-0.4, -0.2) is 11.9 Å². The van der Waals surface area contributed by atoms with Crippen LogP contribution in [0, 0.1) is 23.3 Å². The fourth-order valence-electron chi connectivity index (χ4n) is 2.87. The SMILES string of the molecule is O=C(NC1CCCCC1)c1cc(=O)c2c(F)c(F)c(F)c(F)c2o1. The molecular formula is C16H13F4NO3. The average molecular weight is 343 g/mol. The summed E-state index contributed by atoms with van der Waals surface area (Å²) >= 11 is 0. The van der Waals surface area contributed by atoms with E-state index in [1.807, 2.05) is 0 Å². The normalized spacial score (nSPS) is 15.7. The number of halogens is 4. The van der Waals surface area contributed by atoms with Gasteiger partial charge in [-0.05, 0) is 12.8 Å². The zero-order valence-corrected chi connectivity index (χ0v) is 12.4. The van der Waals surface area contributed by atoms with Gasteiger partial charge in [-0.1, -0.05) is 19.3 Å². The third-order valence-electron chi connectivity index (χ3n) is 4.11. The molecule has 1 aromatic heterocycles. The van der Waals surface area contributed by atoms with Gasteiger partial charge in [0.25, 0.3) is 5.91 Å². The maximum Gasteiger partial charge on any atom is 0.287 e. The fraction of sp³-hybridized carbons (Fsp3) is 0.375. The van der Waals surface area contributed by atoms with E-state index in [1.165, 1.54) is 0 Å². The molecule has 0 aliphatic heterocycles. The van der Waals surface area contributed by atoms with Gasteiger partial charge in [0.05, 0.1) is 0 Å². The summed E-state index contributed by atoms with van der Waals surface area (Å²) in [7, 11) is 0. The Morgan fingerprint density at radius 1 is 1.00 bits per heavy atom. The Labute approximate surface area is 133 Å². The molecule has 0 spiro atoms. The van der Waals surface area contributed by atoms with Gasteiger partial charge in [-0.15, -0.1) is 0 Å². The first-order valence-corrected chi connectivity index (χ1v) is 7.50. The first-order chi connectivity index (χ1) is 11.4. The molecule has 3 rings (SSSR count). The van der Waals surface area contributed by atoms with Gasteiger partial charge in [-0.3, -0.25) is 9.59 Å². The highest BCUT2D eigenvalue weighted by Crippen LogP contribution is 2.25. The summed E-state index contributed by atoms with van der Waals surface area (Å²) in [6, 6.07) is 0.527. The standard InChI is InChI=1S/C16H13F4NO3/c17-11-10-8(22)6-9(16(23)21-7-4-2-1-3-5-7)24-15(10)14(20)13(19)12(11)18/h6-7H,1-5H2,(H,21,23). The van der Waals surface area contributed by atoms with Crippen LogP contribution in [0.25, 0.3) is 11.0 Å². The number of benzene rings is 1. The highest BCUT2D eigenvalue weighted by atomic mass is 19.2. The Kier molecular flexibility index (Phi) is 4.29. The van der Waals surface area contributed by atoms with Gasteiger partial charge < -0.3 is 9.73 Å². The van der Waals surface area contributed by atoms with Crippen LogP contribution in [-0.2, 0) is 0 Å². The van der Waals surface area contributed by atoms with Crippen LogP contribution >= 0.6 is 0 Å². The summed E-state index contributed by atoms with van der Waals surface area (Å²) in [6.07, 6.45) is 4.46. The van der Waals surface area contributed by atoms with E-state index >= 15 is 0 Å².